The van der Waals surface area contributed by atoms with Crippen LogP contribution in [0.5, 0.6) is 0 Å². The highest BCUT2D eigenvalue weighted by molar-refractivity contribution is 8.93. The molecule has 0 rings (SSSR count). The van der Waals surface area contributed by atoms with E-state index in [1.165, 1.54) is 36.4 Å². The molecule has 0 fully saturated rings. The number of halogens is 1. The number of thioether (sulfide) groups is 2. The zero-order valence-corrected chi connectivity index (χ0v) is 12.0. The average molecular weight is 315 g/mol. The van der Waals surface area contributed by atoms with Crippen molar-refractivity contribution in [2.45, 2.75) is 25.7 Å². The summed E-state index contributed by atoms with van der Waals surface area (Å²) < 4.78 is 0. The highest BCUT2D eigenvalue weighted by Gasteiger charge is 1.94. The minimum absolute atomic E-state index is 0. The standard InChI is InChI=1S/C8H18N4S2.BrH/c9-7(10)13-5-3-1-2-4-6-14-8(11)12;/h1-6H2,(H3,9,10)(H3,11,12);1H. The molecule has 90 valence electrons. The maximum absolute atomic E-state index is 6.99. The summed E-state index contributed by atoms with van der Waals surface area (Å²) in [5.41, 5.74) is 10.4. The predicted molar refractivity (Wildman–Crippen MR) is 77.5 cm³/mol. The lowest BCUT2D eigenvalue weighted by Gasteiger charge is -2.00. The molecule has 0 radical (unpaired) electrons. The zero-order valence-electron chi connectivity index (χ0n) is 8.62. The first-order valence-electron chi connectivity index (χ1n) is 4.56. The third kappa shape index (κ3) is 16.8. The van der Waals surface area contributed by atoms with Crippen molar-refractivity contribution >= 4 is 50.8 Å². The summed E-state index contributed by atoms with van der Waals surface area (Å²) in [4.78, 5) is 0. The second-order valence-electron chi connectivity index (χ2n) is 2.84. The van der Waals surface area contributed by atoms with Gasteiger partial charge in [0.15, 0.2) is 10.3 Å². The van der Waals surface area contributed by atoms with Crippen molar-refractivity contribution in [2.75, 3.05) is 11.5 Å². The maximum atomic E-state index is 6.99. The summed E-state index contributed by atoms with van der Waals surface area (Å²) in [6.45, 7) is 0. The second kappa shape index (κ2) is 12.2. The van der Waals surface area contributed by atoms with Crippen LogP contribution in [0.25, 0.3) is 0 Å². The quantitative estimate of drug-likeness (QED) is 0.329. The minimum atomic E-state index is 0. The normalized spacial score (nSPS) is 9.33. The van der Waals surface area contributed by atoms with Crippen molar-refractivity contribution in [1.82, 2.24) is 0 Å². The van der Waals surface area contributed by atoms with Crippen molar-refractivity contribution in [3.05, 3.63) is 0 Å². The van der Waals surface area contributed by atoms with Crippen LogP contribution in [0.1, 0.15) is 25.7 Å². The van der Waals surface area contributed by atoms with Gasteiger partial charge in [-0.1, -0.05) is 36.4 Å². The fourth-order valence-electron chi connectivity index (χ4n) is 0.922. The van der Waals surface area contributed by atoms with E-state index in [-0.39, 0.29) is 27.3 Å². The van der Waals surface area contributed by atoms with Gasteiger partial charge in [-0.2, -0.15) is 0 Å². The molecular weight excluding hydrogens is 296 g/mol. The van der Waals surface area contributed by atoms with Crippen LogP contribution < -0.4 is 11.5 Å². The van der Waals surface area contributed by atoms with Crippen LogP contribution in [-0.2, 0) is 0 Å². The molecule has 0 saturated carbocycles. The summed E-state index contributed by atoms with van der Waals surface area (Å²) >= 11 is 2.80. The molecule has 0 aliphatic heterocycles. The SMILES string of the molecule is Br.N=C(N)SCCCCCCSC(=N)N. The number of amidine groups is 2. The Labute approximate surface area is 110 Å². The molecule has 0 spiro atoms. The van der Waals surface area contributed by atoms with E-state index >= 15 is 0 Å². The van der Waals surface area contributed by atoms with Crippen LogP contribution in [0.4, 0.5) is 0 Å². The minimum Gasteiger partial charge on any atom is -0.379 e. The van der Waals surface area contributed by atoms with Crippen molar-refractivity contribution in [3.63, 3.8) is 0 Å². The third-order valence-corrected chi connectivity index (χ3v) is 3.16. The van der Waals surface area contributed by atoms with E-state index < -0.39 is 0 Å². The molecule has 0 heterocycles. The lowest BCUT2D eigenvalue weighted by molar-refractivity contribution is 0.712. The second-order valence-corrected chi connectivity index (χ2v) is 5.11. The van der Waals surface area contributed by atoms with Crippen LogP contribution >= 0.6 is 40.5 Å². The number of nitrogens with one attached hydrogen (secondary N) is 2. The molecule has 4 nitrogen and oxygen atoms in total. The third-order valence-electron chi connectivity index (χ3n) is 1.55. The van der Waals surface area contributed by atoms with E-state index in [9.17, 15) is 0 Å². The van der Waals surface area contributed by atoms with Gasteiger partial charge in [-0.15, -0.1) is 17.0 Å². The Bertz CT molecular complexity index is 169. The predicted octanol–water partition coefficient (Wildman–Crippen LogP) is 2.38. The van der Waals surface area contributed by atoms with Crippen LogP contribution in [0.15, 0.2) is 0 Å². The summed E-state index contributed by atoms with van der Waals surface area (Å²) in [5, 5.41) is 14.4. The highest BCUT2D eigenvalue weighted by atomic mass is 79.9. The van der Waals surface area contributed by atoms with Crippen molar-refractivity contribution < 1.29 is 0 Å². The lowest BCUT2D eigenvalue weighted by atomic mass is 10.2. The molecule has 0 aliphatic rings. The Hall–Kier alpha value is 0.120. The molecule has 0 unspecified atom stereocenters. The molecule has 0 aromatic heterocycles. The van der Waals surface area contributed by atoms with Gasteiger partial charge in [0.05, 0.1) is 0 Å². The Balaban J connectivity index is 0. The number of hydrogen-bond acceptors (Lipinski definition) is 4. The van der Waals surface area contributed by atoms with Crippen molar-refractivity contribution in [3.8, 4) is 0 Å². The Morgan fingerprint density at radius 2 is 1.13 bits per heavy atom. The number of rotatable bonds is 7. The van der Waals surface area contributed by atoms with Crippen molar-refractivity contribution in [1.29, 1.82) is 10.8 Å². The van der Waals surface area contributed by atoms with Crippen LogP contribution in [0.2, 0.25) is 0 Å². The number of nitrogens with two attached hydrogens (primary N) is 2. The van der Waals surface area contributed by atoms with Gasteiger partial charge in [0.25, 0.3) is 0 Å². The van der Waals surface area contributed by atoms with E-state index in [1.807, 2.05) is 0 Å². The van der Waals surface area contributed by atoms with E-state index in [0.29, 0.717) is 0 Å². The Kier molecular flexibility index (Phi) is 14.2. The Morgan fingerprint density at radius 1 is 0.800 bits per heavy atom. The first kappa shape index (κ1) is 17.5. The number of hydrogen-bond donors (Lipinski definition) is 4. The molecule has 0 atom stereocenters. The molecule has 15 heavy (non-hydrogen) atoms. The summed E-state index contributed by atoms with van der Waals surface area (Å²) in [5.74, 6) is 1.88. The van der Waals surface area contributed by atoms with E-state index in [4.69, 9.17) is 22.3 Å². The van der Waals surface area contributed by atoms with Crippen LogP contribution in [0.3, 0.4) is 0 Å². The molecule has 0 bridgehead atoms. The van der Waals surface area contributed by atoms with Gasteiger partial charge in [0.1, 0.15) is 0 Å². The first-order valence-corrected chi connectivity index (χ1v) is 6.53. The van der Waals surface area contributed by atoms with Gasteiger partial charge >= 0.3 is 0 Å². The zero-order chi connectivity index (χ0) is 10.8. The lowest BCUT2D eigenvalue weighted by Crippen LogP contribution is -2.05. The van der Waals surface area contributed by atoms with Crippen LogP contribution in [-0.4, -0.2) is 21.8 Å². The molecule has 6 N–H and O–H groups in total. The molecule has 7 heteroatoms. The molecular formula is C8H19BrN4S2. The van der Waals surface area contributed by atoms with Gasteiger partial charge in [-0.3, -0.25) is 10.8 Å². The maximum Gasteiger partial charge on any atom is 0.151 e. The Morgan fingerprint density at radius 3 is 1.40 bits per heavy atom. The van der Waals surface area contributed by atoms with Gasteiger partial charge in [0.2, 0.25) is 0 Å². The van der Waals surface area contributed by atoms with Gasteiger partial charge in [-0.05, 0) is 12.8 Å². The molecule has 0 saturated heterocycles. The van der Waals surface area contributed by atoms with Gasteiger partial charge < -0.3 is 11.5 Å². The molecule has 0 aromatic rings. The number of unbranched alkanes of at least 4 members (excludes halogenated alkanes) is 3. The average Bonchev–Trinajstić information content (AvgIpc) is 2.08. The van der Waals surface area contributed by atoms with Gasteiger partial charge in [0, 0.05) is 11.5 Å². The molecule has 0 aromatic carbocycles. The van der Waals surface area contributed by atoms with E-state index in [0.717, 1.165) is 24.3 Å². The first-order chi connectivity index (χ1) is 6.63. The fourth-order valence-corrected chi connectivity index (χ4v) is 2.06. The summed E-state index contributed by atoms with van der Waals surface area (Å²) in [6.07, 6.45) is 4.54. The molecule has 0 aliphatic carbocycles. The fraction of sp³-hybridized carbons (Fsp3) is 0.750. The van der Waals surface area contributed by atoms with Crippen LogP contribution in [0, 0.1) is 10.8 Å². The largest absolute Gasteiger partial charge is 0.379 e. The topological polar surface area (TPSA) is 99.7 Å². The summed E-state index contributed by atoms with van der Waals surface area (Å²) in [6, 6.07) is 0. The van der Waals surface area contributed by atoms with Gasteiger partial charge in [-0.25, -0.2) is 0 Å². The smallest absolute Gasteiger partial charge is 0.151 e. The monoisotopic (exact) mass is 314 g/mol. The van der Waals surface area contributed by atoms with Crippen molar-refractivity contribution in [2.24, 2.45) is 11.5 Å². The van der Waals surface area contributed by atoms with E-state index in [2.05, 4.69) is 0 Å². The molecule has 0 amide bonds. The summed E-state index contributed by atoms with van der Waals surface area (Å²) in [7, 11) is 0. The highest BCUT2D eigenvalue weighted by Crippen LogP contribution is 2.09. The van der Waals surface area contributed by atoms with E-state index in [1.54, 1.807) is 0 Å².